The highest BCUT2D eigenvalue weighted by atomic mass is 16.2. The quantitative estimate of drug-likeness (QED) is 0.853. The predicted octanol–water partition coefficient (Wildman–Crippen LogP) is 1.56. The molecule has 2 atom stereocenters. The molecule has 2 unspecified atom stereocenters. The van der Waals surface area contributed by atoms with Crippen molar-refractivity contribution in [3.05, 3.63) is 0 Å². The number of piperazine rings is 1. The summed E-state index contributed by atoms with van der Waals surface area (Å²) in [5.74, 6) is 0.790. The second-order valence-corrected chi connectivity index (χ2v) is 7.54. The molecule has 0 spiro atoms. The lowest BCUT2D eigenvalue weighted by Crippen LogP contribution is -2.49. The monoisotopic (exact) mass is 281 g/mol. The average molecular weight is 281 g/mol. The second kappa shape index (κ2) is 6.44. The standard InChI is InChI=1S/C16H31N3O/c1-13(16(2,3)4)11-15(20)19-8-5-14(12-19)18-9-6-17-7-10-18/h13-14,17H,5-12H2,1-4H3. The topological polar surface area (TPSA) is 35.6 Å². The van der Waals surface area contributed by atoms with Crippen LogP contribution in [0, 0.1) is 11.3 Å². The maximum absolute atomic E-state index is 12.4. The molecule has 0 aliphatic carbocycles. The van der Waals surface area contributed by atoms with Crippen molar-refractivity contribution < 1.29 is 4.79 Å². The molecule has 2 aliphatic heterocycles. The van der Waals surface area contributed by atoms with E-state index < -0.39 is 0 Å². The molecule has 0 radical (unpaired) electrons. The molecule has 2 fully saturated rings. The summed E-state index contributed by atoms with van der Waals surface area (Å²) in [5.41, 5.74) is 0.216. The van der Waals surface area contributed by atoms with Gasteiger partial charge in [0.05, 0.1) is 0 Å². The van der Waals surface area contributed by atoms with Gasteiger partial charge in [0.2, 0.25) is 5.91 Å². The van der Waals surface area contributed by atoms with Gasteiger partial charge in [-0.05, 0) is 17.8 Å². The van der Waals surface area contributed by atoms with Crippen molar-refractivity contribution >= 4 is 5.91 Å². The van der Waals surface area contributed by atoms with Crippen LogP contribution in [-0.2, 0) is 4.79 Å². The molecule has 2 aliphatic rings. The molecule has 4 nitrogen and oxygen atoms in total. The number of hydrogen-bond donors (Lipinski definition) is 1. The molecule has 4 heteroatoms. The van der Waals surface area contributed by atoms with Crippen LogP contribution in [0.3, 0.4) is 0 Å². The van der Waals surface area contributed by atoms with Crippen molar-refractivity contribution in [3.8, 4) is 0 Å². The minimum atomic E-state index is 0.216. The highest BCUT2D eigenvalue weighted by molar-refractivity contribution is 5.76. The summed E-state index contributed by atoms with van der Waals surface area (Å²) in [4.78, 5) is 17.1. The Hall–Kier alpha value is -0.610. The van der Waals surface area contributed by atoms with E-state index in [2.05, 4.69) is 42.8 Å². The summed E-state index contributed by atoms with van der Waals surface area (Å²) >= 11 is 0. The number of carbonyl (C=O) groups excluding carboxylic acids is 1. The predicted molar refractivity (Wildman–Crippen MR) is 82.7 cm³/mol. The summed E-state index contributed by atoms with van der Waals surface area (Å²) in [7, 11) is 0. The van der Waals surface area contributed by atoms with Gasteiger partial charge in [-0.1, -0.05) is 27.7 Å². The van der Waals surface area contributed by atoms with Gasteiger partial charge in [0.15, 0.2) is 0 Å². The van der Waals surface area contributed by atoms with E-state index in [1.807, 2.05) is 0 Å². The van der Waals surface area contributed by atoms with Gasteiger partial charge in [-0.3, -0.25) is 9.69 Å². The van der Waals surface area contributed by atoms with E-state index in [0.29, 0.717) is 24.3 Å². The van der Waals surface area contributed by atoms with Gasteiger partial charge >= 0.3 is 0 Å². The fourth-order valence-corrected chi connectivity index (χ4v) is 3.01. The summed E-state index contributed by atoms with van der Waals surface area (Å²) < 4.78 is 0. The fraction of sp³-hybridized carbons (Fsp3) is 0.938. The van der Waals surface area contributed by atoms with E-state index in [-0.39, 0.29) is 5.41 Å². The van der Waals surface area contributed by atoms with Crippen molar-refractivity contribution in [1.29, 1.82) is 0 Å². The van der Waals surface area contributed by atoms with Crippen molar-refractivity contribution in [3.63, 3.8) is 0 Å². The van der Waals surface area contributed by atoms with Crippen LogP contribution in [0.4, 0.5) is 0 Å². The number of nitrogens with zero attached hydrogens (tertiary/aromatic N) is 2. The average Bonchev–Trinajstić information content (AvgIpc) is 2.88. The minimum absolute atomic E-state index is 0.216. The molecule has 20 heavy (non-hydrogen) atoms. The summed E-state index contributed by atoms with van der Waals surface area (Å²) in [6, 6.07) is 0.589. The molecule has 116 valence electrons. The highest BCUT2D eigenvalue weighted by Gasteiger charge is 2.32. The van der Waals surface area contributed by atoms with Crippen LogP contribution in [0.1, 0.15) is 40.5 Å². The molecule has 0 aromatic rings. The lowest BCUT2D eigenvalue weighted by atomic mass is 9.80. The molecule has 2 saturated heterocycles. The summed E-state index contributed by atoms with van der Waals surface area (Å²) in [5, 5.41) is 3.39. The second-order valence-electron chi connectivity index (χ2n) is 7.54. The van der Waals surface area contributed by atoms with Crippen molar-refractivity contribution in [1.82, 2.24) is 15.1 Å². The maximum Gasteiger partial charge on any atom is 0.222 e. The third kappa shape index (κ3) is 3.95. The molecule has 2 heterocycles. The van der Waals surface area contributed by atoms with E-state index >= 15 is 0 Å². The normalized spacial score (nSPS) is 26.8. The zero-order valence-corrected chi connectivity index (χ0v) is 13.6. The van der Waals surface area contributed by atoms with Crippen LogP contribution >= 0.6 is 0 Å². The van der Waals surface area contributed by atoms with Crippen LogP contribution in [0.2, 0.25) is 0 Å². The fourth-order valence-electron chi connectivity index (χ4n) is 3.01. The van der Waals surface area contributed by atoms with Gasteiger partial charge in [-0.25, -0.2) is 0 Å². The van der Waals surface area contributed by atoms with Crippen LogP contribution in [-0.4, -0.2) is 61.0 Å². The van der Waals surface area contributed by atoms with Crippen LogP contribution < -0.4 is 5.32 Å². The van der Waals surface area contributed by atoms with E-state index in [9.17, 15) is 4.79 Å². The Labute approximate surface area is 123 Å². The zero-order valence-electron chi connectivity index (χ0n) is 13.6. The number of amides is 1. The lowest BCUT2D eigenvalue weighted by molar-refractivity contribution is -0.132. The first-order valence-electron chi connectivity index (χ1n) is 8.10. The number of rotatable bonds is 3. The zero-order chi connectivity index (χ0) is 14.8. The molecule has 0 aromatic heterocycles. The van der Waals surface area contributed by atoms with Gasteiger partial charge in [0.1, 0.15) is 0 Å². The van der Waals surface area contributed by atoms with E-state index in [0.717, 1.165) is 45.7 Å². The third-order valence-electron chi connectivity index (χ3n) is 5.14. The van der Waals surface area contributed by atoms with Crippen molar-refractivity contribution in [2.45, 2.75) is 46.6 Å². The number of likely N-dealkylation sites (tertiary alicyclic amines) is 1. The first-order chi connectivity index (χ1) is 9.38. The molecule has 2 rings (SSSR count). The third-order valence-corrected chi connectivity index (χ3v) is 5.14. The maximum atomic E-state index is 12.4. The van der Waals surface area contributed by atoms with Crippen molar-refractivity contribution in [2.75, 3.05) is 39.3 Å². The van der Waals surface area contributed by atoms with Crippen LogP contribution in [0.5, 0.6) is 0 Å². The van der Waals surface area contributed by atoms with Crippen LogP contribution in [0.25, 0.3) is 0 Å². The van der Waals surface area contributed by atoms with Crippen molar-refractivity contribution in [2.24, 2.45) is 11.3 Å². The Morgan fingerprint density at radius 2 is 1.90 bits per heavy atom. The van der Waals surface area contributed by atoms with Gasteiger partial charge in [-0.2, -0.15) is 0 Å². The van der Waals surface area contributed by atoms with Gasteiger partial charge < -0.3 is 10.2 Å². The van der Waals surface area contributed by atoms with Crippen LogP contribution in [0.15, 0.2) is 0 Å². The first kappa shape index (κ1) is 15.8. The van der Waals surface area contributed by atoms with Gasteiger partial charge in [-0.15, -0.1) is 0 Å². The number of carbonyl (C=O) groups is 1. The lowest BCUT2D eigenvalue weighted by Gasteiger charge is -2.33. The molecule has 0 aromatic carbocycles. The highest BCUT2D eigenvalue weighted by Crippen LogP contribution is 2.29. The number of nitrogens with one attached hydrogen (secondary N) is 1. The SMILES string of the molecule is CC(CC(=O)N1CCC(N2CCNCC2)C1)C(C)(C)C. The molecular formula is C16H31N3O. The minimum Gasteiger partial charge on any atom is -0.341 e. The Morgan fingerprint density at radius 1 is 1.25 bits per heavy atom. The largest absolute Gasteiger partial charge is 0.341 e. The van der Waals surface area contributed by atoms with E-state index in [1.165, 1.54) is 0 Å². The molecule has 1 amide bonds. The van der Waals surface area contributed by atoms with Gasteiger partial charge in [0.25, 0.3) is 0 Å². The smallest absolute Gasteiger partial charge is 0.222 e. The summed E-state index contributed by atoms with van der Waals surface area (Å²) in [6.07, 6.45) is 1.84. The Morgan fingerprint density at radius 3 is 2.50 bits per heavy atom. The first-order valence-corrected chi connectivity index (χ1v) is 8.10. The Balaban J connectivity index is 1.81. The molecule has 0 saturated carbocycles. The molecular weight excluding hydrogens is 250 g/mol. The Kier molecular flexibility index (Phi) is 5.08. The molecule has 0 bridgehead atoms. The van der Waals surface area contributed by atoms with E-state index in [4.69, 9.17) is 0 Å². The van der Waals surface area contributed by atoms with Gasteiger partial charge in [0, 0.05) is 51.7 Å². The Bertz CT molecular complexity index is 331. The van der Waals surface area contributed by atoms with E-state index in [1.54, 1.807) is 0 Å². The number of hydrogen-bond acceptors (Lipinski definition) is 3. The molecule has 1 N–H and O–H groups in total. The summed E-state index contributed by atoms with van der Waals surface area (Å²) in [6.45, 7) is 15.2.